The molecule has 8 heteroatoms. The Hall–Kier alpha value is -2.06. The minimum absolute atomic E-state index is 0.0966. The number of anilines is 1. The Balaban J connectivity index is 2.51. The lowest BCUT2D eigenvalue weighted by Crippen LogP contribution is -2.17. The van der Waals surface area contributed by atoms with Gasteiger partial charge in [0, 0.05) is 0 Å². The van der Waals surface area contributed by atoms with E-state index in [0.29, 0.717) is 6.07 Å². The molecule has 0 spiro atoms. The summed E-state index contributed by atoms with van der Waals surface area (Å²) in [6.45, 7) is -0.670. The molecule has 2 aromatic carbocycles. The van der Waals surface area contributed by atoms with Gasteiger partial charge in [-0.05, 0) is 29.8 Å². The molecule has 0 bridgehead atoms. The highest BCUT2D eigenvalue weighted by Gasteiger charge is 2.22. The molecule has 0 aromatic heterocycles. The van der Waals surface area contributed by atoms with Crippen LogP contribution in [0.2, 0.25) is 0 Å². The molecule has 0 fully saturated rings. The maximum absolute atomic E-state index is 13.5. The number of benzene rings is 2. The third-order valence-electron chi connectivity index (χ3n) is 2.69. The van der Waals surface area contributed by atoms with Crippen molar-refractivity contribution in [2.24, 2.45) is 0 Å². The predicted octanol–water partition coefficient (Wildman–Crippen LogP) is 2.40. The molecule has 0 aliphatic heterocycles. The van der Waals surface area contributed by atoms with Crippen molar-refractivity contribution in [3.05, 3.63) is 59.4 Å². The van der Waals surface area contributed by atoms with E-state index in [4.69, 9.17) is 5.11 Å². The van der Waals surface area contributed by atoms with Crippen LogP contribution in [0.5, 0.6) is 0 Å². The van der Waals surface area contributed by atoms with Crippen LogP contribution in [0.15, 0.2) is 41.3 Å². The number of hydrogen-bond acceptors (Lipinski definition) is 3. The first-order chi connectivity index (χ1) is 9.85. The quantitative estimate of drug-likeness (QED) is 0.910. The van der Waals surface area contributed by atoms with E-state index in [-0.39, 0.29) is 5.56 Å². The predicted molar refractivity (Wildman–Crippen MR) is 69.5 cm³/mol. The van der Waals surface area contributed by atoms with E-state index in [2.05, 4.69) is 0 Å². The molecule has 4 nitrogen and oxygen atoms in total. The summed E-state index contributed by atoms with van der Waals surface area (Å²) in [5, 5.41) is 9.09. The molecule has 0 heterocycles. The molecule has 0 amide bonds. The van der Waals surface area contributed by atoms with E-state index in [1.807, 2.05) is 0 Å². The lowest BCUT2D eigenvalue weighted by atomic mass is 10.2. The summed E-state index contributed by atoms with van der Waals surface area (Å²) >= 11 is 0. The second kappa shape index (κ2) is 5.74. The highest BCUT2D eigenvalue weighted by atomic mass is 32.2. The fraction of sp³-hybridized carbons (Fsp3) is 0.0769. The van der Waals surface area contributed by atoms with E-state index in [1.54, 1.807) is 4.72 Å². The largest absolute Gasteiger partial charge is 0.392 e. The van der Waals surface area contributed by atoms with Crippen LogP contribution in [0.25, 0.3) is 0 Å². The third kappa shape index (κ3) is 3.17. The Bertz CT molecular complexity index is 758. The topological polar surface area (TPSA) is 66.4 Å². The van der Waals surface area contributed by atoms with Crippen LogP contribution >= 0.6 is 0 Å². The highest BCUT2D eigenvalue weighted by molar-refractivity contribution is 7.92. The van der Waals surface area contributed by atoms with Crippen LogP contribution in [0.3, 0.4) is 0 Å². The van der Waals surface area contributed by atoms with E-state index in [1.165, 1.54) is 0 Å². The molecular formula is C13H10F3NO3S. The van der Waals surface area contributed by atoms with E-state index in [0.717, 1.165) is 30.3 Å². The molecule has 2 aromatic rings. The van der Waals surface area contributed by atoms with Crippen LogP contribution in [0, 0.1) is 17.5 Å². The summed E-state index contributed by atoms with van der Waals surface area (Å²) < 4.78 is 66.1. The average molecular weight is 317 g/mol. The van der Waals surface area contributed by atoms with Gasteiger partial charge < -0.3 is 5.11 Å². The van der Waals surface area contributed by atoms with Crippen molar-refractivity contribution in [2.75, 3.05) is 4.72 Å². The first-order valence-electron chi connectivity index (χ1n) is 5.71. The molecule has 2 rings (SSSR count). The van der Waals surface area contributed by atoms with Gasteiger partial charge in [0.2, 0.25) is 0 Å². The molecular weight excluding hydrogens is 307 g/mol. The fourth-order valence-corrected chi connectivity index (χ4v) is 3.01. The Labute approximate surface area is 118 Å². The number of para-hydroxylation sites is 1. The van der Waals surface area contributed by atoms with Crippen LogP contribution in [0.1, 0.15) is 5.56 Å². The summed E-state index contributed by atoms with van der Waals surface area (Å²) in [5.41, 5.74) is -0.966. The molecule has 21 heavy (non-hydrogen) atoms. The zero-order chi connectivity index (χ0) is 15.6. The van der Waals surface area contributed by atoms with Crippen LogP contribution < -0.4 is 4.72 Å². The molecule has 2 N–H and O–H groups in total. The van der Waals surface area contributed by atoms with Crippen LogP contribution in [-0.2, 0) is 16.6 Å². The Morgan fingerprint density at radius 3 is 2.24 bits per heavy atom. The number of halogens is 3. The number of hydrogen-bond donors (Lipinski definition) is 2. The first-order valence-corrected chi connectivity index (χ1v) is 7.19. The number of nitrogens with one attached hydrogen (secondary N) is 1. The van der Waals surface area contributed by atoms with Crippen molar-refractivity contribution in [2.45, 2.75) is 11.5 Å². The summed E-state index contributed by atoms with van der Waals surface area (Å²) in [6.07, 6.45) is 0. The van der Waals surface area contributed by atoms with Gasteiger partial charge in [-0.25, -0.2) is 21.6 Å². The summed E-state index contributed by atoms with van der Waals surface area (Å²) in [4.78, 5) is -0.590. The third-order valence-corrected chi connectivity index (χ3v) is 4.12. The van der Waals surface area contributed by atoms with Crippen molar-refractivity contribution >= 4 is 15.7 Å². The molecule has 112 valence electrons. The van der Waals surface area contributed by atoms with Crippen LogP contribution in [0.4, 0.5) is 18.9 Å². The maximum atomic E-state index is 13.5. The molecule has 0 atom stereocenters. The second-order valence-electron chi connectivity index (χ2n) is 4.11. The SMILES string of the molecule is O=S(=O)(Nc1c(F)cccc1F)c1cc(F)ccc1CO. The van der Waals surface area contributed by atoms with Gasteiger partial charge in [-0.15, -0.1) is 0 Å². The van der Waals surface area contributed by atoms with Crippen molar-refractivity contribution in [1.29, 1.82) is 0 Å². The molecule has 0 aliphatic rings. The van der Waals surface area contributed by atoms with Gasteiger partial charge in [-0.1, -0.05) is 12.1 Å². The number of rotatable bonds is 4. The zero-order valence-electron chi connectivity index (χ0n) is 10.5. The normalized spacial score (nSPS) is 11.4. The van der Waals surface area contributed by atoms with Crippen LogP contribution in [-0.4, -0.2) is 13.5 Å². The van der Waals surface area contributed by atoms with Crippen molar-refractivity contribution in [1.82, 2.24) is 0 Å². The van der Waals surface area contributed by atoms with Gasteiger partial charge in [0.05, 0.1) is 11.5 Å². The molecule has 0 radical (unpaired) electrons. The smallest absolute Gasteiger partial charge is 0.262 e. The summed E-state index contributed by atoms with van der Waals surface area (Å²) in [6, 6.07) is 5.52. The maximum Gasteiger partial charge on any atom is 0.262 e. The zero-order valence-corrected chi connectivity index (χ0v) is 11.3. The van der Waals surface area contributed by atoms with Gasteiger partial charge in [0.15, 0.2) is 0 Å². The van der Waals surface area contributed by atoms with Crippen molar-refractivity contribution in [3.63, 3.8) is 0 Å². The Kier molecular flexibility index (Phi) is 4.19. The number of sulfonamides is 1. The standard InChI is InChI=1S/C13H10F3NO3S/c14-9-5-4-8(7-18)12(6-9)21(19,20)17-13-10(15)2-1-3-11(13)16/h1-6,17-18H,7H2. The molecule has 0 aliphatic carbocycles. The van der Waals surface area contributed by atoms with Crippen molar-refractivity contribution in [3.8, 4) is 0 Å². The molecule has 0 unspecified atom stereocenters. The fourth-order valence-electron chi connectivity index (χ4n) is 1.69. The van der Waals surface area contributed by atoms with E-state index in [9.17, 15) is 21.6 Å². The van der Waals surface area contributed by atoms with E-state index < -0.39 is 44.7 Å². The van der Waals surface area contributed by atoms with Gasteiger partial charge in [-0.2, -0.15) is 0 Å². The number of aliphatic hydroxyl groups excluding tert-OH is 1. The minimum Gasteiger partial charge on any atom is -0.392 e. The van der Waals surface area contributed by atoms with Gasteiger partial charge in [0.1, 0.15) is 23.1 Å². The first kappa shape index (κ1) is 15.3. The second-order valence-corrected chi connectivity index (χ2v) is 5.76. The van der Waals surface area contributed by atoms with Gasteiger partial charge in [-0.3, -0.25) is 4.72 Å². The summed E-state index contributed by atoms with van der Waals surface area (Å²) in [7, 11) is -4.45. The number of aliphatic hydroxyl groups is 1. The molecule has 0 saturated carbocycles. The lowest BCUT2D eigenvalue weighted by molar-refractivity contribution is 0.278. The molecule has 0 saturated heterocycles. The minimum atomic E-state index is -4.45. The van der Waals surface area contributed by atoms with Gasteiger partial charge >= 0.3 is 0 Å². The Morgan fingerprint density at radius 1 is 1.05 bits per heavy atom. The van der Waals surface area contributed by atoms with Crippen molar-refractivity contribution < 1.29 is 26.7 Å². The van der Waals surface area contributed by atoms with Gasteiger partial charge in [0.25, 0.3) is 10.0 Å². The monoisotopic (exact) mass is 317 g/mol. The average Bonchev–Trinajstić information content (AvgIpc) is 2.43. The van der Waals surface area contributed by atoms with E-state index >= 15 is 0 Å². The lowest BCUT2D eigenvalue weighted by Gasteiger charge is -2.12. The highest BCUT2D eigenvalue weighted by Crippen LogP contribution is 2.24. The summed E-state index contributed by atoms with van der Waals surface area (Å²) in [5.74, 6) is -3.08. The Morgan fingerprint density at radius 2 is 1.67 bits per heavy atom.